The van der Waals surface area contributed by atoms with E-state index in [0.717, 1.165) is 10.5 Å². The Bertz CT molecular complexity index is 552. The van der Waals surface area contributed by atoms with Crippen LogP contribution in [-0.2, 0) is 9.59 Å². The van der Waals surface area contributed by atoms with E-state index in [-0.39, 0.29) is 23.9 Å². The van der Waals surface area contributed by atoms with E-state index < -0.39 is 11.8 Å². The average molecular weight is 281 g/mol. The maximum Gasteiger partial charge on any atom is 0.283 e. The number of halogens is 1. The molecular weight excluding hydrogens is 268 g/mol. The Morgan fingerprint density at radius 2 is 1.84 bits per heavy atom. The Kier molecular flexibility index (Phi) is 3.87. The molecule has 0 saturated carbocycles. The molecule has 1 aliphatic heterocycles. The molecule has 0 bridgehead atoms. The fraction of sp³-hybridized carbons (Fsp3) is 0.231. The highest BCUT2D eigenvalue weighted by Crippen LogP contribution is 2.27. The molecule has 2 N–H and O–H groups in total. The third-order valence-electron chi connectivity index (χ3n) is 2.73. The number of aliphatic hydroxyl groups is 1. The Labute approximate surface area is 115 Å². The Morgan fingerprint density at radius 3 is 2.42 bits per heavy atom. The number of anilines is 1. The number of hydrogen-bond acceptors (Lipinski definition) is 4. The molecule has 19 heavy (non-hydrogen) atoms. The molecule has 0 atom stereocenters. The second-order valence-electron chi connectivity index (χ2n) is 4.12. The van der Waals surface area contributed by atoms with E-state index in [2.05, 4.69) is 5.32 Å². The Hall–Kier alpha value is -1.85. The quantitative estimate of drug-likeness (QED) is 0.804. The minimum absolute atomic E-state index is 0.0290. The molecule has 0 radical (unpaired) electrons. The van der Waals surface area contributed by atoms with E-state index in [0.29, 0.717) is 5.69 Å². The lowest BCUT2D eigenvalue weighted by Gasteiger charge is -2.15. The summed E-state index contributed by atoms with van der Waals surface area (Å²) in [5.41, 5.74) is 1.53. The van der Waals surface area contributed by atoms with Gasteiger partial charge in [0.25, 0.3) is 11.8 Å². The minimum atomic E-state index is -0.559. The molecule has 0 aromatic heterocycles. The van der Waals surface area contributed by atoms with Crippen molar-refractivity contribution >= 4 is 29.1 Å². The first kappa shape index (κ1) is 13.6. The van der Waals surface area contributed by atoms with Gasteiger partial charge in [-0.1, -0.05) is 29.3 Å². The monoisotopic (exact) mass is 280 g/mol. The first-order valence-electron chi connectivity index (χ1n) is 5.76. The standard InChI is InChI=1S/C13H13ClN2O3/c1-8-2-4-9(5-3-8)16-12(18)10(14)11(13(16)19)15-6-7-17/h2-5,15,17H,6-7H2,1H3. The van der Waals surface area contributed by atoms with Crippen molar-refractivity contribution in [3.63, 3.8) is 0 Å². The van der Waals surface area contributed by atoms with Crippen LogP contribution in [0, 0.1) is 6.92 Å². The summed E-state index contributed by atoms with van der Waals surface area (Å²) in [7, 11) is 0. The van der Waals surface area contributed by atoms with Gasteiger partial charge in [-0.15, -0.1) is 0 Å². The van der Waals surface area contributed by atoms with Crippen molar-refractivity contribution in [1.82, 2.24) is 5.32 Å². The van der Waals surface area contributed by atoms with Crippen LogP contribution in [0.2, 0.25) is 0 Å². The fourth-order valence-electron chi connectivity index (χ4n) is 1.77. The second kappa shape index (κ2) is 5.42. The normalized spacial score (nSPS) is 15.4. The third kappa shape index (κ3) is 2.47. The van der Waals surface area contributed by atoms with Gasteiger partial charge in [-0.05, 0) is 19.1 Å². The van der Waals surface area contributed by atoms with Crippen LogP contribution in [0.5, 0.6) is 0 Å². The molecule has 1 aromatic rings. The Balaban J connectivity index is 2.29. The lowest BCUT2D eigenvalue weighted by atomic mass is 10.2. The first-order chi connectivity index (χ1) is 9.06. The van der Waals surface area contributed by atoms with E-state index in [1.807, 2.05) is 19.1 Å². The maximum atomic E-state index is 12.1. The van der Waals surface area contributed by atoms with E-state index in [4.69, 9.17) is 16.7 Å². The summed E-state index contributed by atoms with van der Waals surface area (Å²) in [5, 5.41) is 11.2. The molecular formula is C13H13ClN2O3. The van der Waals surface area contributed by atoms with Crippen LogP contribution in [-0.4, -0.2) is 30.1 Å². The predicted molar refractivity (Wildman–Crippen MR) is 71.6 cm³/mol. The van der Waals surface area contributed by atoms with Gasteiger partial charge in [-0.3, -0.25) is 9.59 Å². The SMILES string of the molecule is Cc1ccc(N2C(=O)C(Cl)=C(NCCO)C2=O)cc1. The van der Waals surface area contributed by atoms with Crippen LogP contribution in [0.15, 0.2) is 35.0 Å². The number of carbonyl (C=O) groups excluding carboxylic acids is 2. The lowest BCUT2D eigenvalue weighted by Crippen LogP contribution is -2.34. The molecule has 1 heterocycles. The number of aryl methyl sites for hydroxylation is 1. The minimum Gasteiger partial charge on any atom is -0.395 e. The molecule has 6 heteroatoms. The fourth-order valence-corrected chi connectivity index (χ4v) is 2.00. The number of imide groups is 1. The van der Waals surface area contributed by atoms with Gasteiger partial charge in [0.05, 0.1) is 12.3 Å². The lowest BCUT2D eigenvalue weighted by molar-refractivity contribution is -0.120. The predicted octanol–water partition coefficient (Wildman–Crippen LogP) is 0.901. The van der Waals surface area contributed by atoms with Crippen LogP contribution in [0.4, 0.5) is 5.69 Å². The smallest absolute Gasteiger partial charge is 0.283 e. The van der Waals surface area contributed by atoms with Gasteiger partial charge in [0.2, 0.25) is 0 Å². The average Bonchev–Trinajstić information content (AvgIpc) is 2.60. The highest BCUT2D eigenvalue weighted by Gasteiger charge is 2.38. The highest BCUT2D eigenvalue weighted by atomic mass is 35.5. The molecule has 0 unspecified atom stereocenters. The summed E-state index contributed by atoms with van der Waals surface area (Å²) in [5.74, 6) is -1.07. The number of rotatable bonds is 4. The molecule has 0 saturated heterocycles. The first-order valence-corrected chi connectivity index (χ1v) is 6.14. The summed E-state index contributed by atoms with van der Waals surface area (Å²) in [6, 6.07) is 6.99. The van der Waals surface area contributed by atoms with Gasteiger partial charge in [0.15, 0.2) is 0 Å². The third-order valence-corrected chi connectivity index (χ3v) is 3.08. The zero-order chi connectivity index (χ0) is 14.0. The molecule has 2 rings (SSSR count). The van der Waals surface area contributed by atoms with Crippen molar-refractivity contribution < 1.29 is 14.7 Å². The van der Waals surface area contributed by atoms with Gasteiger partial charge in [-0.2, -0.15) is 0 Å². The van der Waals surface area contributed by atoms with Crippen LogP contribution in [0.1, 0.15) is 5.56 Å². The van der Waals surface area contributed by atoms with Crippen molar-refractivity contribution in [2.45, 2.75) is 6.92 Å². The van der Waals surface area contributed by atoms with Crippen LogP contribution < -0.4 is 10.2 Å². The zero-order valence-electron chi connectivity index (χ0n) is 10.3. The van der Waals surface area contributed by atoms with E-state index in [1.54, 1.807) is 12.1 Å². The number of carbonyl (C=O) groups is 2. The second-order valence-corrected chi connectivity index (χ2v) is 4.50. The van der Waals surface area contributed by atoms with Crippen molar-refractivity contribution in [3.05, 3.63) is 40.6 Å². The van der Waals surface area contributed by atoms with Gasteiger partial charge in [0, 0.05) is 6.54 Å². The molecule has 0 fully saturated rings. The van der Waals surface area contributed by atoms with Crippen molar-refractivity contribution in [3.8, 4) is 0 Å². The van der Waals surface area contributed by atoms with Gasteiger partial charge in [0.1, 0.15) is 10.7 Å². The number of amides is 2. The molecule has 5 nitrogen and oxygen atoms in total. The zero-order valence-corrected chi connectivity index (χ0v) is 11.1. The van der Waals surface area contributed by atoms with Gasteiger partial charge < -0.3 is 10.4 Å². The van der Waals surface area contributed by atoms with E-state index >= 15 is 0 Å². The molecule has 0 spiro atoms. The molecule has 100 valence electrons. The van der Waals surface area contributed by atoms with Crippen LogP contribution in [0.25, 0.3) is 0 Å². The molecule has 0 aliphatic carbocycles. The van der Waals surface area contributed by atoms with Crippen molar-refractivity contribution in [1.29, 1.82) is 0 Å². The molecule has 1 aromatic carbocycles. The highest BCUT2D eigenvalue weighted by molar-refractivity contribution is 6.52. The van der Waals surface area contributed by atoms with Crippen molar-refractivity contribution in [2.24, 2.45) is 0 Å². The number of hydrogen-bond donors (Lipinski definition) is 2. The van der Waals surface area contributed by atoms with Crippen LogP contribution >= 0.6 is 11.6 Å². The summed E-state index contributed by atoms with van der Waals surface area (Å²) >= 11 is 5.86. The maximum absolute atomic E-state index is 12.1. The Morgan fingerprint density at radius 1 is 1.21 bits per heavy atom. The summed E-state index contributed by atoms with van der Waals surface area (Å²) in [6.07, 6.45) is 0. The van der Waals surface area contributed by atoms with Crippen molar-refractivity contribution in [2.75, 3.05) is 18.1 Å². The summed E-state index contributed by atoms with van der Waals surface area (Å²) in [4.78, 5) is 25.1. The number of nitrogens with one attached hydrogen (secondary N) is 1. The number of benzene rings is 1. The van der Waals surface area contributed by atoms with E-state index in [9.17, 15) is 9.59 Å². The molecule has 1 aliphatic rings. The summed E-state index contributed by atoms with van der Waals surface area (Å²) < 4.78 is 0. The van der Waals surface area contributed by atoms with E-state index in [1.165, 1.54) is 0 Å². The largest absolute Gasteiger partial charge is 0.395 e. The number of nitrogens with zero attached hydrogens (tertiary/aromatic N) is 1. The topological polar surface area (TPSA) is 69.6 Å². The van der Waals surface area contributed by atoms with Crippen LogP contribution in [0.3, 0.4) is 0 Å². The molecule has 2 amide bonds. The van der Waals surface area contributed by atoms with Gasteiger partial charge in [-0.25, -0.2) is 4.90 Å². The number of aliphatic hydroxyl groups excluding tert-OH is 1. The van der Waals surface area contributed by atoms with Gasteiger partial charge >= 0.3 is 0 Å². The summed E-state index contributed by atoms with van der Waals surface area (Å²) in [6.45, 7) is 1.92.